The molecule has 0 aromatic heterocycles. The van der Waals surface area contributed by atoms with Crippen LogP contribution in [0.5, 0.6) is 5.75 Å². The standard InChI is InChI=1S/C17H16Cl2N2O3S/c18-13-2-1-3-14(19)16(13)24-8-9-25-10-15(22)21-12-6-4-11(5-7-12)17(20)23/h1-7H,8-10H2,(H2,20,23)(H,21,22). The van der Waals surface area contributed by atoms with Crippen LogP contribution in [0.25, 0.3) is 0 Å². The number of ether oxygens (including phenoxy) is 1. The van der Waals surface area contributed by atoms with E-state index in [1.54, 1.807) is 42.5 Å². The largest absolute Gasteiger partial charge is 0.490 e. The maximum Gasteiger partial charge on any atom is 0.248 e. The van der Waals surface area contributed by atoms with E-state index in [4.69, 9.17) is 33.7 Å². The van der Waals surface area contributed by atoms with Gasteiger partial charge in [0, 0.05) is 17.0 Å². The average molecular weight is 399 g/mol. The Morgan fingerprint density at radius 3 is 2.32 bits per heavy atom. The van der Waals surface area contributed by atoms with Crippen LogP contribution in [0.3, 0.4) is 0 Å². The number of carbonyl (C=O) groups is 2. The van der Waals surface area contributed by atoms with E-state index >= 15 is 0 Å². The molecule has 2 rings (SSSR count). The minimum absolute atomic E-state index is 0.146. The topological polar surface area (TPSA) is 81.4 Å². The van der Waals surface area contributed by atoms with Crippen molar-refractivity contribution < 1.29 is 14.3 Å². The molecule has 0 bridgehead atoms. The van der Waals surface area contributed by atoms with E-state index in [0.717, 1.165) is 0 Å². The van der Waals surface area contributed by atoms with Crippen molar-refractivity contribution in [2.24, 2.45) is 5.73 Å². The number of thioether (sulfide) groups is 1. The lowest BCUT2D eigenvalue weighted by atomic mass is 10.2. The maximum absolute atomic E-state index is 11.9. The molecule has 0 unspecified atom stereocenters. The van der Waals surface area contributed by atoms with E-state index < -0.39 is 5.91 Å². The number of hydrogen-bond donors (Lipinski definition) is 2. The molecule has 0 radical (unpaired) electrons. The second kappa shape index (κ2) is 9.56. The molecule has 0 spiro atoms. The Bertz CT molecular complexity index is 734. The van der Waals surface area contributed by atoms with Crippen molar-refractivity contribution in [1.82, 2.24) is 0 Å². The lowest BCUT2D eigenvalue weighted by Gasteiger charge is -2.09. The van der Waals surface area contributed by atoms with Crippen LogP contribution in [0.2, 0.25) is 10.0 Å². The highest BCUT2D eigenvalue weighted by molar-refractivity contribution is 7.99. The molecule has 0 atom stereocenters. The van der Waals surface area contributed by atoms with E-state index in [1.165, 1.54) is 11.8 Å². The summed E-state index contributed by atoms with van der Waals surface area (Å²) in [5, 5.41) is 3.65. The lowest BCUT2D eigenvalue weighted by Crippen LogP contribution is -2.16. The predicted octanol–water partition coefficient (Wildman–Crippen LogP) is 3.84. The molecule has 0 aliphatic heterocycles. The van der Waals surface area contributed by atoms with Gasteiger partial charge in [-0.25, -0.2) is 0 Å². The lowest BCUT2D eigenvalue weighted by molar-refractivity contribution is -0.113. The zero-order chi connectivity index (χ0) is 18.2. The Kier molecular flexibility index (Phi) is 7.43. The summed E-state index contributed by atoms with van der Waals surface area (Å²) in [4.78, 5) is 22.9. The first kappa shape index (κ1) is 19.4. The summed E-state index contributed by atoms with van der Waals surface area (Å²) >= 11 is 13.4. The molecule has 0 saturated carbocycles. The summed E-state index contributed by atoms with van der Waals surface area (Å²) in [6.45, 7) is 0.384. The van der Waals surface area contributed by atoms with Gasteiger partial charge < -0.3 is 15.8 Å². The summed E-state index contributed by atoms with van der Waals surface area (Å²) in [5.74, 6) is 0.678. The summed E-state index contributed by atoms with van der Waals surface area (Å²) in [5.41, 5.74) is 6.16. The van der Waals surface area contributed by atoms with E-state index in [9.17, 15) is 9.59 Å². The molecule has 0 saturated heterocycles. The smallest absolute Gasteiger partial charge is 0.248 e. The van der Waals surface area contributed by atoms with Gasteiger partial charge in [-0.15, -0.1) is 11.8 Å². The Balaban J connectivity index is 1.69. The zero-order valence-corrected chi connectivity index (χ0v) is 15.5. The molecular formula is C17H16Cl2N2O3S. The Hall–Kier alpha value is -1.89. The molecule has 5 nitrogen and oxygen atoms in total. The van der Waals surface area contributed by atoms with Gasteiger partial charge in [-0.2, -0.15) is 0 Å². The molecule has 2 aromatic carbocycles. The predicted molar refractivity (Wildman–Crippen MR) is 103 cm³/mol. The van der Waals surface area contributed by atoms with Gasteiger partial charge in [0.2, 0.25) is 11.8 Å². The van der Waals surface area contributed by atoms with Crippen molar-refractivity contribution >= 4 is 52.5 Å². The minimum Gasteiger partial charge on any atom is -0.490 e. The number of nitrogens with two attached hydrogens (primary N) is 1. The molecule has 0 aliphatic rings. The molecule has 25 heavy (non-hydrogen) atoms. The molecule has 0 aliphatic carbocycles. The van der Waals surface area contributed by atoms with Gasteiger partial charge >= 0.3 is 0 Å². The molecule has 132 valence electrons. The highest BCUT2D eigenvalue weighted by atomic mass is 35.5. The highest BCUT2D eigenvalue weighted by Gasteiger charge is 2.07. The number of hydrogen-bond acceptors (Lipinski definition) is 4. The summed E-state index contributed by atoms with van der Waals surface area (Å²) in [6, 6.07) is 11.5. The molecule has 2 aromatic rings. The van der Waals surface area contributed by atoms with Gasteiger partial charge in [-0.3, -0.25) is 9.59 Å². The van der Waals surface area contributed by atoms with Crippen LogP contribution in [0, 0.1) is 0 Å². The zero-order valence-electron chi connectivity index (χ0n) is 13.1. The summed E-state index contributed by atoms with van der Waals surface area (Å²) < 4.78 is 5.54. The van der Waals surface area contributed by atoms with Crippen molar-refractivity contribution in [3.8, 4) is 5.75 Å². The van der Waals surface area contributed by atoms with Crippen molar-refractivity contribution in [1.29, 1.82) is 0 Å². The Morgan fingerprint density at radius 2 is 1.72 bits per heavy atom. The number of rotatable bonds is 8. The first-order valence-corrected chi connectivity index (χ1v) is 9.22. The van der Waals surface area contributed by atoms with Gasteiger partial charge in [0.15, 0.2) is 5.75 Å². The quantitative estimate of drug-likeness (QED) is 0.661. The fourth-order valence-corrected chi connectivity index (χ4v) is 3.01. The molecule has 8 heteroatoms. The monoisotopic (exact) mass is 398 g/mol. The number of carbonyl (C=O) groups excluding carboxylic acids is 2. The number of primary amides is 1. The number of para-hydroxylation sites is 1. The third kappa shape index (κ3) is 6.16. The van der Waals surface area contributed by atoms with Gasteiger partial charge in [0.05, 0.1) is 22.4 Å². The summed E-state index contributed by atoms with van der Waals surface area (Å²) in [6.07, 6.45) is 0. The second-order valence-corrected chi connectivity index (χ2v) is 6.86. The number of nitrogens with one attached hydrogen (secondary N) is 1. The number of halogens is 2. The Labute approximate surface area is 159 Å². The van der Waals surface area contributed by atoms with Gasteiger partial charge in [-0.05, 0) is 36.4 Å². The van der Waals surface area contributed by atoms with Gasteiger partial charge in [0.1, 0.15) is 0 Å². The number of anilines is 1. The fraction of sp³-hybridized carbons (Fsp3) is 0.176. The number of benzene rings is 2. The SMILES string of the molecule is NC(=O)c1ccc(NC(=O)CSCCOc2c(Cl)cccc2Cl)cc1. The first-order chi connectivity index (χ1) is 12.0. The summed E-state index contributed by atoms with van der Waals surface area (Å²) in [7, 11) is 0. The molecule has 3 N–H and O–H groups in total. The molecule has 0 heterocycles. The van der Waals surface area contributed by atoms with Crippen LogP contribution >= 0.6 is 35.0 Å². The first-order valence-electron chi connectivity index (χ1n) is 7.31. The van der Waals surface area contributed by atoms with E-state index in [1.807, 2.05) is 0 Å². The van der Waals surface area contributed by atoms with Crippen LogP contribution in [0.15, 0.2) is 42.5 Å². The number of amides is 2. The molecule has 2 amide bonds. The van der Waals surface area contributed by atoms with Gasteiger partial charge in [0.25, 0.3) is 0 Å². The highest BCUT2D eigenvalue weighted by Crippen LogP contribution is 2.32. The van der Waals surface area contributed by atoms with Crippen molar-refractivity contribution in [3.63, 3.8) is 0 Å². The van der Waals surface area contributed by atoms with Crippen LogP contribution in [0.1, 0.15) is 10.4 Å². The fourth-order valence-electron chi connectivity index (χ4n) is 1.90. The molecule has 0 fully saturated rings. The average Bonchev–Trinajstić information content (AvgIpc) is 2.57. The third-order valence-corrected chi connectivity index (χ3v) is 4.60. The van der Waals surface area contributed by atoms with Crippen LogP contribution in [-0.2, 0) is 4.79 Å². The normalized spacial score (nSPS) is 10.3. The Morgan fingerprint density at radius 1 is 1.08 bits per heavy atom. The van der Waals surface area contributed by atoms with E-state index in [0.29, 0.717) is 39.4 Å². The minimum atomic E-state index is -0.507. The van der Waals surface area contributed by atoms with Crippen LogP contribution < -0.4 is 15.8 Å². The van der Waals surface area contributed by atoms with Crippen molar-refractivity contribution in [2.75, 3.05) is 23.4 Å². The van der Waals surface area contributed by atoms with E-state index in [2.05, 4.69) is 5.32 Å². The third-order valence-electron chi connectivity index (χ3n) is 3.08. The van der Waals surface area contributed by atoms with Crippen LogP contribution in [0.4, 0.5) is 5.69 Å². The maximum atomic E-state index is 11.9. The molecular weight excluding hydrogens is 383 g/mol. The van der Waals surface area contributed by atoms with Gasteiger partial charge in [-0.1, -0.05) is 29.3 Å². The second-order valence-electron chi connectivity index (χ2n) is 4.94. The van der Waals surface area contributed by atoms with Crippen molar-refractivity contribution in [2.45, 2.75) is 0 Å². The van der Waals surface area contributed by atoms with Crippen molar-refractivity contribution in [3.05, 3.63) is 58.1 Å². The van der Waals surface area contributed by atoms with Crippen LogP contribution in [-0.4, -0.2) is 29.9 Å². The van der Waals surface area contributed by atoms with E-state index in [-0.39, 0.29) is 11.7 Å².